The Hall–Kier alpha value is -2.19. The van der Waals surface area contributed by atoms with Gasteiger partial charge in [-0.15, -0.1) is 0 Å². The van der Waals surface area contributed by atoms with Crippen molar-refractivity contribution in [2.24, 2.45) is 0 Å². The molecule has 0 saturated heterocycles. The molecule has 0 unspecified atom stereocenters. The number of rotatable bonds is 16. The van der Waals surface area contributed by atoms with E-state index in [9.17, 15) is 25.1 Å². The summed E-state index contributed by atoms with van der Waals surface area (Å²) >= 11 is 0. The van der Waals surface area contributed by atoms with Crippen LogP contribution >= 0.6 is 0 Å². The number of benzene rings is 1. The molecular formula is C22H37N3O5. The number of non-ortho nitro benzene ring substituents is 1. The van der Waals surface area contributed by atoms with Crippen molar-refractivity contribution in [3.8, 4) is 0 Å². The Morgan fingerprint density at radius 2 is 1.53 bits per heavy atom. The molecule has 0 aliphatic heterocycles. The number of nitrogens with zero attached hydrogens (tertiary/aromatic N) is 1. The number of hydrogen-bond donors (Lipinski definition) is 4. The van der Waals surface area contributed by atoms with Gasteiger partial charge < -0.3 is 20.8 Å². The maximum absolute atomic E-state index is 12.0. The molecule has 0 saturated carbocycles. The SMILES string of the molecule is CCCCCCCCCCCCNC(=O)N[C@H](CO)[C@H](O)c1ccc([N+](=O)[O-])cc1. The van der Waals surface area contributed by atoms with E-state index in [0.717, 1.165) is 19.3 Å². The van der Waals surface area contributed by atoms with Crippen molar-refractivity contribution in [1.82, 2.24) is 10.6 Å². The molecule has 30 heavy (non-hydrogen) atoms. The molecule has 0 heterocycles. The van der Waals surface area contributed by atoms with Crippen LogP contribution in [0.3, 0.4) is 0 Å². The van der Waals surface area contributed by atoms with Crippen molar-refractivity contribution < 1.29 is 19.9 Å². The fourth-order valence-electron chi connectivity index (χ4n) is 3.28. The molecule has 170 valence electrons. The molecule has 0 bridgehead atoms. The standard InChI is InChI=1S/C22H37N3O5/c1-2-3-4-5-6-7-8-9-10-11-16-23-22(28)24-20(17-26)21(27)18-12-14-19(15-13-18)25(29)30/h12-15,20-21,26-27H,2-11,16-17H2,1H3,(H2,23,24,28)/t20-,21-/m1/s1. The molecule has 0 aromatic heterocycles. The maximum Gasteiger partial charge on any atom is 0.315 e. The Balaban J connectivity index is 2.20. The van der Waals surface area contributed by atoms with Gasteiger partial charge in [-0.1, -0.05) is 64.7 Å². The first kappa shape index (κ1) is 25.8. The molecule has 2 atom stereocenters. The maximum atomic E-state index is 12.0. The predicted octanol–water partition coefficient (Wildman–Crippen LogP) is 4.21. The summed E-state index contributed by atoms with van der Waals surface area (Å²) in [7, 11) is 0. The quantitative estimate of drug-likeness (QED) is 0.180. The summed E-state index contributed by atoms with van der Waals surface area (Å²) in [4.78, 5) is 22.2. The number of nitrogens with one attached hydrogen (secondary N) is 2. The van der Waals surface area contributed by atoms with Crippen molar-refractivity contribution in [2.75, 3.05) is 13.2 Å². The first-order chi connectivity index (χ1) is 14.5. The average Bonchev–Trinajstić information content (AvgIpc) is 2.75. The smallest absolute Gasteiger partial charge is 0.315 e. The third kappa shape index (κ3) is 10.5. The van der Waals surface area contributed by atoms with Gasteiger partial charge in [-0.2, -0.15) is 0 Å². The first-order valence-electron chi connectivity index (χ1n) is 11.1. The van der Waals surface area contributed by atoms with Gasteiger partial charge in [0.2, 0.25) is 0 Å². The van der Waals surface area contributed by atoms with Crippen molar-refractivity contribution >= 4 is 11.7 Å². The van der Waals surface area contributed by atoms with Crippen LogP contribution in [-0.2, 0) is 0 Å². The molecule has 8 heteroatoms. The van der Waals surface area contributed by atoms with Crippen LogP contribution in [0.1, 0.15) is 82.8 Å². The van der Waals surface area contributed by atoms with Crippen LogP contribution in [-0.4, -0.2) is 40.4 Å². The molecule has 1 aromatic rings. The number of amides is 2. The summed E-state index contributed by atoms with van der Waals surface area (Å²) in [6.07, 6.45) is 11.0. The first-order valence-corrected chi connectivity index (χ1v) is 11.1. The van der Waals surface area contributed by atoms with Crippen molar-refractivity contribution in [1.29, 1.82) is 0 Å². The number of unbranched alkanes of at least 4 members (excludes halogenated alkanes) is 9. The highest BCUT2D eigenvalue weighted by Gasteiger charge is 2.22. The van der Waals surface area contributed by atoms with Gasteiger partial charge in [-0.3, -0.25) is 10.1 Å². The minimum absolute atomic E-state index is 0.0892. The van der Waals surface area contributed by atoms with Gasteiger partial charge in [0.25, 0.3) is 5.69 Å². The number of nitro benzene ring substituents is 1. The summed E-state index contributed by atoms with van der Waals surface area (Å²) in [5.74, 6) is 0. The van der Waals surface area contributed by atoms with Gasteiger partial charge in [0.15, 0.2) is 0 Å². The number of aliphatic hydroxyl groups is 2. The Morgan fingerprint density at radius 1 is 1.00 bits per heavy atom. The largest absolute Gasteiger partial charge is 0.394 e. The predicted molar refractivity (Wildman–Crippen MR) is 117 cm³/mol. The third-order valence-corrected chi connectivity index (χ3v) is 5.16. The van der Waals surface area contributed by atoms with Crippen LogP contribution in [0.4, 0.5) is 10.5 Å². The highest BCUT2D eigenvalue weighted by atomic mass is 16.6. The van der Waals surface area contributed by atoms with Gasteiger partial charge in [0.1, 0.15) is 6.10 Å². The lowest BCUT2D eigenvalue weighted by atomic mass is 10.0. The van der Waals surface area contributed by atoms with Crippen molar-refractivity contribution in [3.63, 3.8) is 0 Å². The van der Waals surface area contributed by atoms with Gasteiger partial charge in [0, 0.05) is 18.7 Å². The number of carbonyl (C=O) groups excluding carboxylic acids is 1. The van der Waals surface area contributed by atoms with Crippen molar-refractivity contribution in [2.45, 2.75) is 83.3 Å². The molecule has 1 aromatic carbocycles. The zero-order valence-electron chi connectivity index (χ0n) is 18.0. The normalized spacial score (nSPS) is 12.9. The number of urea groups is 1. The molecule has 2 amide bonds. The van der Waals surface area contributed by atoms with Crippen LogP contribution in [0.5, 0.6) is 0 Å². The summed E-state index contributed by atoms with van der Waals surface area (Å²) in [6, 6.07) is 4.02. The van der Waals surface area contributed by atoms with E-state index in [0.29, 0.717) is 12.1 Å². The zero-order chi connectivity index (χ0) is 22.2. The summed E-state index contributed by atoms with van der Waals surface area (Å²) < 4.78 is 0. The molecule has 0 radical (unpaired) electrons. The molecule has 0 aliphatic carbocycles. The molecular weight excluding hydrogens is 386 g/mol. The van der Waals surface area contributed by atoms with Crippen molar-refractivity contribution in [3.05, 3.63) is 39.9 Å². The molecule has 0 fully saturated rings. The lowest BCUT2D eigenvalue weighted by molar-refractivity contribution is -0.384. The van der Waals surface area contributed by atoms with E-state index < -0.39 is 29.7 Å². The molecule has 4 N–H and O–H groups in total. The van der Waals surface area contributed by atoms with Gasteiger partial charge in [-0.05, 0) is 24.1 Å². The second-order valence-corrected chi connectivity index (χ2v) is 7.66. The average molecular weight is 424 g/mol. The second-order valence-electron chi connectivity index (χ2n) is 7.66. The Kier molecular flexibility index (Phi) is 13.5. The molecule has 0 spiro atoms. The highest BCUT2D eigenvalue weighted by molar-refractivity contribution is 5.74. The number of nitro groups is 1. The molecule has 8 nitrogen and oxygen atoms in total. The van der Waals surface area contributed by atoms with E-state index in [-0.39, 0.29) is 5.69 Å². The second kappa shape index (κ2) is 15.6. The lowest BCUT2D eigenvalue weighted by Gasteiger charge is -2.22. The van der Waals surface area contributed by atoms with E-state index in [2.05, 4.69) is 17.6 Å². The fraction of sp³-hybridized carbons (Fsp3) is 0.682. The summed E-state index contributed by atoms with van der Waals surface area (Å²) in [5.41, 5.74) is 0.295. The van der Waals surface area contributed by atoms with E-state index in [1.807, 2.05) is 0 Å². The van der Waals surface area contributed by atoms with E-state index in [1.54, 1.807) is 0 Å². The molecule has 0 aliphatic rings. The topological polar surface area (TPSA) is 125 Å². The molecule has 1 rings (SSSR count). The Morgan fingerprint density at radius 3 is 2.03 bits per heavy atom. The van der Waals surface area contributed by atoms with Crippen LogP contribution < -0.4 is 10.6 Å². The van der Waals surface area contributed by atoms with E-state index in [4.69, 9.17) is 0 Å². The third-order valence-electron chi connectivity index (χ3n) is 5.16. The van der Waals surface area contributed by atoms with Crippen LogP contribution in [0.15, 0.2) is 24.3 Å². The van der Waals surface area contributed by atoms with Crippen LogP contribution in [0, 0.1) is 10.1 Å². The zero-order valence-corrected chi connectivity index (χ0v) is 18.0. The van der Waals surface area contributed by atoms with Gasteiger partial charge in [-0.25, -0.2) is 4.79 Å². The number of carbonyl (C=O) groups is 1. The highest BCUT2D eigenvalue weighted by Crippen LogP contribution is 2.20. The lowest BCUT2D eigenvalue weighted by Crippen LogP contribution is -2.47. The van der Waals surface area contributed by atoms with Crippen LogP contribution in [0.25, 0.3) is 0 Å². The minimum Gasteiger partial charge on any atom is -0.394 e. The van der Waals surface area contributed by atoms with Gasteiger partial charge in [0.05, 0.1) is 17.6 Å². The Bertz CT molecular complexity index is 609. The van der Waals surface area contributed by atoms with E-state index >= 15 is 0 Å². The summed E-state index contributed by atoms with van der Waals surface area (Å²) in [5, 5.41) is 35.8. The number of hydrogen-bond acceptors (Lipinski definition) is 5. The van der Waals surface area contributed by atoms with Crippen LogP contribution in [0.2, 0.25) is 0 Å². The minimum atomic E-state index is -1.17. The van der Waals surface area contributed by atoms with E-state index in [1.165, 1.54) is 69.2 Å². The summed E-state index contributed by atoms with van der Waals surface area (Å²) in [6.45, 7) is 2.30. The Labute approximate surface area is 179 Å². The number of aliphatic hydroxyl groups excluding tert-OH is 2. The fourth-order valence-corrected chi connectivity index (χ4v) is 3.28. The van der Waals surface area contributed by atoms with Gasteiger partial charge >= 0.3 is 6.03 Å². The monoisotopic (exact) mass is 423 g/mol.